The third kappa shape index (κ3) is 2.50. The van der Waals surface area contributed by atoms with Gasteiger partial charge in [0.1, 0.15) is 0 Å². The monoisotopic (exact) mass is 197 g/mol. The summed E-state index contributed by atoms with van der Waals surface area (Å²) >= 11 is 0. The fourth-order valence-corrected chi connectivity index (χ4v) is 2.59. The second-order valence-corrected chi connectivity index (χ2v) is 6.97. The maximum absolute atomic E-state index is 2.66. The van der Waals surface area contributed by atoms with Crippen molar-refractivity contribution in [3.8, 4) is 0 Å². The van der Waals surface area contributed by atoms with Gasteiger partial charge in [-0.05, 0) is 45.4 Å². The summed E-state index contributed by atoms with van der Waals surface area (Å²) < 4.78 is 0. The van der Waals surface area contributed by atoms with E-state index in [1.54, 1.807) is 0 Å². The number of likely N-dealkylation sites (tertiary alicyclic amines) is 1. The van der Waals surface area contributed by atoms with E-state index >= 15 is 0 Å². The molecule has 14 heavy (non-hydrogen) atoms. The standard InChI is InChI=1S/C13H27N/c1-10-8-11(12(2,3)4)9-14(10)13(5,6)7/h10-11H,8-9H2,1-7H3. The van der Waals surface area contributed by atoms with Crippen LogP contribution in [0, 0.1) is 11.3 Å². The highest BCUT2D eigenvalue weighted by Crippen LogP contribution is 2.39. The lowest BCUT2D eigenvalue weighted by molar-refractivity contribution is 0.118. The zero-order valence-electron chi connectivity index (χ0n) is 11.0. The van der Waals surface area contributed by atoms with E-state index in [0.717, 1.165) is 12.0 Å². The van der Waals surface area contributed by atoms with Crippen molar-refractivity contribution in [2.45, 2.75) is 66.5 Å². The molecule has 1 rings (SSSR count). The molecule has 0 saturated carbocycles. The van der Waals surface area contributed by atoms with Crippen molar-refractivity contribution in [2.24, 2.45) is 11.3 Å². The smallest absolute Gasteiger partial charge is 0.0127 e. The predicted octanol–water partition coefficient (Wildman–Crippen LogP) is 3.54. The lowest BCUT2D eigenvalue weighted by Crippen LogP contribution is -2.43. The maximum atomic E-state index is 2.66. The van der Waals surface area contributed by atoms with Gasteiger partial charge in [-0.2, -0.15) is 0 Å². The Hall–Kier alpha value is -0.0400. The quantitative estimate of drug-likeness (QED) is 0.574. The van der Waals surface area contributed by atoms with E-state index in [4.69, 9.17) is 0 Å². The molecule has 2 atom stereocenters. The molecule has 1 aliphatic heterocycles. The van der Waals surface area contributed by atoms with Crippen molar-refractivity contribution in [1.29, 1.82) is 0 Å². The molecule has 1 nitrogen and oxygen atoms in total. The Labute approximate surface area is 89.9 Å². The van der Waals surface area contributed by atoms with E-state index < -0.39 is 0 Å². The fourth-order valence-electron chi connectivity index (χ4n) is 2.59. The summed E-state index contributed by atoms with van der Waals surface area (Å²) in [6.45, 7) is 17.7. The number of nitrogens with zero attached hydrogens (tertiary/aromatic N) is 1. The minimum absolute atomic E-state index is 0.333. The van der Waals surface area contributed by atoms with Crippen molar-refractivity contribution in [2.75, 3.05) is 6.54 Å². The molecule has 1 saturated heterocycles. The third-order valence-electron chi connectivity index (χ3n) is 3.66. The van der Waals surface area contributed by atoms with Crippen molar-refractivity contribution in [3.63, 3.8) is 0 Å². The van der Waals surface area contributed by atoms with Gasteiger partial charge < -0.3 is 0 Å². The van der Waals surface area contributed by atoms with Gasteiger partial charge in [0.25, 0.3) is 0 Å². The summed E-state index contributed by atoms with van der Waals surface area (Å²) in [6.07, 6.45) is 1.36. The normalized spacial score (nSPS) is 31.1. The molecule has 0 aliphatic carbocycles. The van der Waals surface area contributed by atoms with E-state index in [-0.39, 0.29) is 0 Å². The molecule has 84 valence electrons. The van der Waals surface area contributed by atoms with Crippen LogP contribution in [0.2, 0.25) is 0 Å². The summed E-state index contributed by atoms with van der Waals surface area (Å²) in [4.78, 5) is 2.66. The summed E-state index contributed by atoms with van der Waals surface area (Å²) in [5.74, 6) is 0.858. The van der Waals surface area contributed by atoms with Crippen molar-refractivity contribution >= 4 is 0 Å². The molecule has 0 spiro atoms. The molecule has 0 amide bonds. The first-order valence-electron chi connectivity index (χ1n) is 5.89. The highest BCUT2D eigenvalue weighted by Gasteiger charge is 2.40. The molecule has 0 bridgehead atoms. The second kappa shape index (κ2) is 3.52. The highest BCUT2D eigenvalue weighted by molar-refractivity contribution is 4.93. The topological polar surface area (TPSA) is 3.24 Å². The van der Waals surface area contributed by atoms with Crippen LogP contribution < -0.4 is 0 Å². The van der Waals surface area contributed by atoms with Crippen LogP contribution in [0.4, 0.5) is 0 Å². The van der Waals surface area contributed by atoms with E-state index in [2.05, 4.69) is 53.4 Å². The van der Waals surface area contributed by atoms with Crippen LogP contribution in [0.3, 0.4) is 0 Å². The minimum Gasteiger partial charge on any atom is -0.296 e. The summed E-state index contributed by atoms with van der Waals surface area (Å²) in [5.41, 5.74) is 0.799. The summed E-state index contributed by atoms with van der Waals surface area (Å²) in [5, 5.41) is 0. The Balaban J connectivity index is 2.70. The summed E-state index contributed by atoms with van der Waals surface area (Å²) in [6, 6.07) is 0.749. The lowest BCUT2D eigenvalue weighted by Gasteiger charge is -2.36. The van der Waals surface area contributed by atoms with Crippen LogP contribution in [0.1, 0.15) is 54.9 Å². The molecule has 0 N–H and O–H groups in total. The molecule has 0 aromatic heterocycles. The first-order valence-corrected chi connectivity index (χ1v) is 5.89. The Kier molecular flexibility index (Phi) is 3.02. The predicted molar refractivity (Wildman–Crippen MR) is 63.5 cm³/mol. The van der Waals surface area contributed by atoms with E-state index in [0.29, 0.717) is 11.0 Å². The van der Waals surface area contributed by atoms with Crippen LogP contribution >= 0.6 is 0 Å². The zero-order valence-corrected chi connectivity index (χ0v) is 11.0. The Morgan fingerprint density at radius 1 is 1.00 bits per heavy atom. The fraction of sp³-hybridized carbons (Fsp3) is 1.00. The molecule has 0 radical (unpaired) electrons. The molecule has 1 heterocycles. The van der Waals surface area contributed by atoms with E-state index in [1.165, 1.54) is 13.0 Å². The number of hydrogen-bond acceptors (Lipinski definition) is 1. The van der Waals surface area contributed by atoms with Crippen LogP contribution in [-0.2, 0) is 0 Å². The molecular weight excluding hydrogens is 170 g/mol. The number of rotatable bonds is 0. The highest BCUT2D eigenvalue weighted by atomic mass is 15.2. The van der Waals surface area contributed by atoms with Gasteiger partial charge >= 0.3 is 0 Å². The Bertz CT molecular complexity index is 194. The zero-order chi connectivity index (χ0) is 11.1. The van der Waals surface area contributed by atoms with Gasteiger partial charge in [0, 0.05) is 18.1 Å². The first kappa shape index (κ1) is 12.0. The van der Waals surface area contributed by atoms with E-state index in [9.17, 15) is 0 Å². The third-order valence-corrected chi connectivity index (χ3v) is 3.66. The molecule has 0 aromatic carbocycles. The summed E-state index contributed by atoms with van der Waals surface area (Å²) in [7, 11) is 0. The lowest BCUT2D eigenvalue weighted by atomic mass is 9.79. The molecule has 1 heteroatoms. The molecule has 2 unspecified atom stereocenters. The van der Waals surface area contributed by atoms with Crippen molar-refractivity contribution in [1.82, 2.24) is 4.90 Å². The van der Waals surface area contributed by atoms with Crippen LogP contribution in [0.25, 0.3) is 0 Å². The van der Waals surface area contributed by atoms with Gasteiger partial charge in [-0.25, -0.2) is 0 Å². The van der Waals surface area contributed by atoms with Gasteiger partial charge in [0.2, 0.25) is 0 Å². The van der Waals surface area contributed by atoms with Crippen LogP contribution in [-0.4, -0.2) is 23.0 Å². The van der Waals surface area contributed by atoms with Gasteiger partial charge in [-0.3, -0.25) is 4.90 Å². The average Bonchev–Trinajstić information content (AvgIpc) is 2.27. The van der Waals surface area contributed by atoms with Gasteiger partial charge in [0.05, 0.1) is 0 Å². The Morgan fingerprint density at radius 3 is 1.71 bits per heavy atom. The molecular formula is C13H27N. The minimum atomic E-state index is 0.333. The van der Waals surface area contributed by atoms with Crippen LogP contribution in [0.5, 0.6) is 0 Å². The first-order chi connectivity index (χ1) is 6.12. The average molecular weight is 197 g/mol. The number of hydrogen-bond donors (Lipinski definition) is 0. The maximum Gasteiger partial charge on any atom is 0.0127 e. The van der Waals surface area contributed by atoms with Gasteiger partial charge in [-0.15, -0.1) is 0 Å². The van der Waals surface area contributed by atoms with Gasteiger partial charge in [-0.1, -0.05) is 20.8 Å². The van der Waals surface area contributed by atoms with Gasteiger partial charge in [0.15, 0.2) is 0 Å². The van der Waals surface area contributed by atoms with E-state index in [1.807, 2.05) is 0 Å². The molecule has 1 fully saturated rings. The Morgan fingerprint density at radius 2 is 1.50 bits per heavy atom. The second-order valence-electron chi connectivity index (χ2n) is 6.97. The van der Waals surface area contributed by atoms with Crippen molar-refractivity contribution < 1.29 is 0 Å². The SMILES string of the molecule is CC1CC(C(C)(C)C)CN1C(C)(C)C. The molecule has 1 aliphatic rings. The molecule has 0 aromatic rings. The largest absolute Gasteiger partial charge is 0.296 e. The van der Waals surface area contributed by atoms with Crippen LogP contribution in [0.15, 0.2) is 0 Å². The van der Waals surface area contributed by atoms with Crippen molar-refractivity contribution in [3.05, 3.63) is 0 Å².